The van der Waals surface area contributed by atoms with Gasteiger partial charge >= 0.3 is 6.03 Å². The molecule has 28 heavy (non-hydrogen) atoms. The van der Waals surface area contributed by atoms with E-state index in [1.165, 1.54) is 0 Å². The second-order valence-corrected chi connectivity index (χ2v) is 6.49. The van der Waals surface area contributed by atoms with Gasteiger partial charge in [0.1, 0.15) is 13.2 Å². The van der Waals surface area contributed by atoms with E-state index in [0.29, 0.717) is 26.3 Å². The number of rotatable bonds is 7. The number of ether oxygens (including phenoxy) is 2. The molecule has 2 aromatic carbocycles. The molecule has 1 heterocycles. The minimum atomic E-state index is -0.499. The first-order chi connectivity index (χ1) is 13.7. The van der Waals surface area contributed by atoms with Gasteiger partial charge in [-0.3, -0.25) is 10.1 Å². The zero-order valence-electron chi connectivity index (χ0n) is 15.9. The van der Waals surface area contributed by atoms with E-state index in [2.05, 4.69) is 10.6 Å². The lowest BCUT2D eigenvalue weighted by molar-refractivity contribution is -0.682. The van der Waals surface area contributed by atoms with Crippen molar-refractivity contribution < 1.29 is 24.4 Å². The largest absolute Gasteiger partial charge is 0.486 e. The molecule has 0 saturated heterocycles. The lowest BCUT2D eigenvalue weighted by Crippen LogP contribution is -2.88. The van der Waals surface area contributed by atoms with Gasteiger partial charge in [-0.25, -0.2) is 4.79 Å². The van der Waals surface area contributed by atoms with Crippen LogP contribution >= 0.6 is 0 Å². The monoisotopic (exact) mass is 384 g/mol. The first-order valence-electron chi connectivity index (χ1n) is 9.53. The van der Waals surface area contributed by atoms with Gasteiger partial charge in [0.25, 0.3) is 5.91 Å². The topological polar surface area (TPSA) is 93.3 Å². The summed E-state index contributed by atoms with van der Waals surface area (Å²) in [6.45, 7) is 4.07. The lowest BCUT2D eigenvalue weighted by Gasteiger charge is -2.19. The molecule has 0 spiro atoms. The Morgan fingerprint density at radius 3 is 2.57 bits per heavy atom. The third-order valence-corrected chi connectivity index (χ3v) is 4.46. The van der Waals surface area contributed by atoms with E-state index >= 15 is 0 Å². The van der Waals surface area contributed by atoms with E-state index in [-0.39, 0.29) is 5.91 Å². The third-order valence-electron chi connectivity index (χ3n) is 4.46. The van der Waals surface area contributed by atoms with Gasteiger partial charge in [-0.1, -0.05) is 36.4 Å². The van der Waals surface area contributed by atoms with Crippen LogP contribution in [0.15, 0.2) is 48.5 Å². The van der Waals surface area contributed by atoms with Crippen LogP contribution < -0.4 is 25.4 Å². The summed E-state index contributed by atoms with van der Waals surface area (Å²) in [4.78, 5) is 24.4. The Bertz CT molecular complexity index is 811. The summed E-state index contributed by atoms with van der Waals surface area (Å²) < 4.78 is 11.2. The maximum absolute atomic E-state index is 12.6. The summed E-state index contributed by atoms with van der Waals surface area (Å²) in [6, 6.07) is 14.4. The first kappa shape index (κ1) is 19.7. The number of urea groups is 1. The molecule has 0 radical (unpaired) electrons. The van der Waals surface area contributed by atoms with Gasteiger partial charge in [0.05, 0.1) is 6.54 Å². The van der Waals surface area contributed by atoms with Crippen LogP contribution in [-0.2, 0) is 11.2 Å². The van der Waals surface area contributed by atoms with Gasteiger partial charge in [-0.15, -0.1) is 0 Å². The van der Waals surface area contributed by atoms with Crippen molar-refractivity contribution in [2.75, 3.05) is 26.3 Å². The highest BCUT2D eigenvalue weighted by molar-refractivity contribution is 5.96. The van der Waals surface area contributed by atoms with Gasteiger partial charge in [0.2, 0.25) is 0 Å². The molecule has 0 saturated carbocycles. The number of nitrogens with one attached hydrogen (secondary N) is 2. The van der Waals surface area contributed by atoms with Crippen LogP contribution in [0.2, 0.25) is 0 Å². The predicted molar refractivity (Wildman–Crippen MR) is 104 cm³/mol. The van der Waals surface area contributed by atoms with Gasteiger partial charge in [0.15, 0.2) is 17.5 Å². The Morgan fingerprint density at radius 1 is 1.07 bits per heavy atom. The van der Waals surface area contributed by atoms with Crippen LogP contribution in [0.1, 0.15) is 24.1 Å². The van der Waals surface area contributed by atoms with Crippen molar-refractivity contribution >= 4 is 11.9 Å². The molecule has 1 aliphatic rings. The first-order valence-corrected chi connectivity index (χ1v) is 9.53. The molecule has 0 unspecified atom stereocenters. The maximum Gasteiger partial charge on any atom is 0.321 e. The average molecular weight is 384 g/mol. The summed E-state index contributed by atoms with van der Waals surface area (Å²) in [6.07, 6.45) is 0.758. The fourth-order valence-corrected chi connectivity index (χ4v) is 3.11. The molecular weight excluding hydrogens is 358 g/mol. The predicted octanol–water partition coefficient (Wildman–Crippen LogP) is 1.15. The number of hydrogen-bond acceptors (Lipinski definition) is 4. The number of benzene rings is 2. The zero-order chi connectivity index (χ0) is 19.8. The SMILES string of the molecule is CCNC(=O)NC(=O)[C@@H]([NH2+]CCc1ccc2c(c1)OCCO2)c1ccccc1. The molecule has 4 N–H and O–H groups in total. The van der Waals surface area contributed by atoms with E-state index in [9.17, 15) is 9.59 Å². The van der Waals surface area contributed by atoms with Crippen molar-refractivity contribution in [1.29, 1.82) is 0 Å². The van der Waals surface area contributed by atoms with E-state index in [1.54, 1.807) is 6.92 Å². The van der Waals surface area contributed by atoms with Crippen LogP contribution in [0.25, 0.3) is 0 Å². The molecule has 3 amide bonds. The van der Waals surface area contributed by atoms with E-state index < -0.39 is 12.1 Å². The summed E-state index contributed by atoms with van der Waals surface area (Å²) in [5.74, 6) is 1.19. The van der Waals surface area contributed by atoms with Crippen molar-refractivity contribution in [3.8, 4) is 11.5 Å². The molecule has 0 aliphatic carbocycles. The highest BCUT2D eigenvalue weighted by Crippen LogP contribution is 2.30. The fourth-order valence-electron chi connectivity index (χ4n) is 3.11. The fraction of sp³-hybridized carbons (Fsp3) is 0.333. The van der Waals surface area contributed by atoms with Crippen LogP contribution in [0, 0.1) is 0 Å². The molecule has 1 aliphatic heterocycles. The molecule has 148 valence electrons. The number of carbonyl (C=O) groups excluding carboxylic acids is 2. The zero-order valence-corrected chi connectivity index (χ0v) is 15.9. The van der Waals surface area contributed by atoms with Crippen molar-refractivity contribution in [3.05, 3.63) is 59.7 Å². The molecule has 2 aromatic rings. The standard InChI is InChI=1S/C21H25N3O4/c1-2-22-21(26)24-20(25)19(16-6-4-3-5-7-16)23-11-10-15-8-9-17-18(14-15)28-13-12-27-17/h3-9,14,19,23H,2,10-13H2,1H3,(H2,22,24,25,26)/p+1/t19-/m0/s1. The quantitative estimate of drug-likeness (QED) is 0.668. The summed E-state index contributed by atoms with van der Waals surface area (Å²) >= 11 is 0. The highest BCUT2D eigenvalue weighted by Gasteiger charge is 2.25. The number of nitrogens with two attached hydrogens (primary N) is 1. The second-order valence-electron chi connectivity index (χ2n) is 6.49. The van der Waals surface area contributed by atoms with E-state index in [1.807, 2.05) is 53.8 Å². The normalized spacial score (nSPS) is 13.5. The molecule has 0 fully saturated rings. The molecule has 0 aromatic heterocycles. The summed E-state index contributed by atoms with van der Waals surface area (Å²) in [5.41, 5.74) is 1.96. The smallest absolute Gasteiger partial charge is 0.321 e. The minimum absolute atomic E-state index is 0.334. The van der Waals surface area contributed by atoms with Crippen molar-refractivity contribution in [3.63, 3.8) is 0 Å². The summed E-state index contributed by atoms with van der Waals surface area (Å²) in [5, 5.41) is 6.94. The van der Waals surface area contributed by atoms with Crippen LogP contribution in [0.5, 0.6) is 11.5 Å². The third kappa shape index (κ3) is 5.23. The molecule has 3 rings (SSSR count). The number of quaternary nitrogens is 1. The Kier molecular flexibility index (Phi) is 6.86. The Hall–Kier alpha value is -3.06. The maximum atomic E-state index is 12.6. The van der Waals surface area contributed by atoms with Gasteiger partial charge in [-0.05, 0) is 24.6 Å². The number of carbonyl (C=O) groups is 2. The average Bonchev–Trinajstić information content (AvgIpc) is 2.71. The molecule has 7 heteroatoms. The second kappa shape index (κ2) is 9.75. The van der Waals surface area contributed by atoms with E-state index in [0.717, 1.165) is 29.0 Å². The van der Waals surface area contributed by atoms with Crippen molar-refractivity contribution in [2.45, 2.75) is 19.4 Å². The molecule has 1 atom stereocenters. The van der Waals surface area contributed by atoms with Gasteiger partial charge in [-0.2, -0.15) is 0 Å². The molecule has 7 nitrogen and oxygen atoms in total. The number of hydrogen-bond donors (Lipinski definition) is 3. The van der Waals surface area contributed by atoms with Gasteiger partial charge in [0, 0.05) is 18.5 Å². The highest BCUT2D eigenvalue weighted by atomic mass is 16.6. The Balaban J connectivity index is 1.63. The van der Waals surface area contributed by atoms with Crippen LogP contribution in [0.4, 0.5) is 4.79 Å². The van der Waals surface area contributed by atoms with Crippen LogP contribution in [0.3, 0.4) is 0 Å². The van der Waals surface area contributed by atoms with Gasteiger partial charge < -0.3 is 20.1 Å². The molecule has 0 bridgehead atoms. The Morgan fingerprint density at radius 2 is 1.82 bits per heavy atom. The van der Waals surface area contributed by atoms with Crippen molar-refractivity contribution in [2.24, 2.45) is 0 Å². The lowest BCUT2D eigenvalue weighted by atomic mass is 10.1. The van der Waals surface area contributed by atoms with Crippen LogP contribution in [-0.4, -0.2) is 38.2 Å². The van der Waals surface area contributed by atoms with Crippen molar-refractivity contribution in [1.82, 2.24) is 10.6 Å². The minimum Gasteiger partial charge on any atom is -0.486 e. The number of imide groups is 1. The number of fused-ring (bicyclic) bond motifs is 1. The number of amides is 3. The van der Waals surface area contributed by atoms with E-state index in [4.69, 9.17) is 9.47 Å². The Labute approximate surface area is 164 Å². The molecular formula is C21H26N3O4+. The summed E-state index contributed by atoms with van der Waals surface area (Å²) in [7, 11) is 0.